The van der Waals surface area contributed by atoms with Crippen molar-refractivity contribution in [2.24, 2.45) is 5.10 Å². The summed E-state index contributed by atoms with van der Waals surface area (Å²) in [5.41, 5.74) is 2.79. The number of carbonyl (C=O) groups is 1. The first kappa shape index (κ1) is 18.5. The summed E-state index contributed by atoms with van der Waals surface area (Å²) < 4.78 is 10.7. The summed E-state index contributed by atoms with van der Waals surface area (Å²) in [6.07, 6.45) is 1.39. The lowest BCUT2D eigenvalue weighted by atomic mass is 10.2. The Balaban J connectivity index is 2.15. The lowest BCUT2D eigenvalue weighted by molar-refractivity contribution is 0.0949. The number of amides is 1. The van der Waals surface area contributed by atoms with Gasteiger partial charge in [-0.2, -0.15) is 10.1 Å². The van der Waals surface area contributed by atoms with E-state index in [0.29, 0.717) is 34.4 Å². The minimum Gasteiger partial charge on any atom is -0.493 e. The van der Waals surface area contributed by atoms with Crippen LogP contribution in [0.2, 0.25) is 5.02 Å². The zero-order valence-corrected chi connectivity index (χ0v) is 14.7. The first-order valence-corrected chi connectivity index (χ1v) is 7.74. The van der Waals surface area contributed by atoms with Crippen LogP contribution >= 0.6 is 11.6 Å². The summed E-state index contributed by atoms with van der Waals surface area (Å²) in [7, 11) is 1.50. The van der Waals surface area contributed by atoms with Crippen LogP contribution in [0.15, 0.2) is 28.1 Å². The number of halogens is 1. The van der Waals surface area contributed by atoms with Gasteiger partial charge in [-0.25, -0.2) is 10.2 Å². The van der Waals surface area contributed by atoms with Crippen molar-refractivity contribution in [2.45, 2.75) is 13.8 Å². The number of nitrogens with zero attached hydrogens (tertiary/aromatic N) is 2. The maximum Gasteiger partial charge on any atom is 0.345 e. The number of nitrogens with one attached hydrogen (secondary N) is 2. The highest BCUT2D eigenvalue weighted by molar-refractivity contribution is 6.32. The highest BCUT2D eigenvalue weighted by Crippen LogP contribution is 2.35. The number of methoxy groups -OCH3 is 1. The third-order valence-electron chi connectivity index (χ3n) is 3.03. The van der Waals surface area contributed by atoms with Crippen LogP contribution in [0.5, 0.6) is 11.5 Å². The molecule has 0 spiro atoms. The second-order valence-electron chi connectivity index (χ2n) is 4.92. The van der Waals surface area contributed by atoms with Gasteiger partial charge in [0.25, 0.3) is 5.91 Å². The van der Waals surface area contributed by atoms with Gasteiger partial charge in [0.1, 0.15) is 5.69 Å². The van der Waals surface area contributed by atoms with E-state index in [9.17, 15) is 9.59 Å². The predicted molar refractivity (Wildman–Crippen MR) is 93.8 cm³/mol. The number of H-pyrrole nitrogens is 1. The highest BCUT2D eigenvalue weighted by Gasteiger charge is 2.11. The lowest BCUT2D eigenvalue weighted by Crippen LogP contribution is -2.24. The van der Waals surface area contributed by atoms with Crippen molar-refractivity contribution in [2.75, 3.05) is 13.7 Å². The van der Waals surface area contributed by atoms with Gasteiger partial charge in [-0.15, -0.1) is 0 Å². The number of aryl methyl sites for hydroxylation is 1. The van der Waals surface area contributed by atoms with Gasteiger partial charge in [-0.1, -0.05) is 11.6 Å². The fourth-order valence-electron chi connectivity index (χ4n) is 2.02. The van der Waals surface area contributed by atoms with Gasteiger partial charge in [0.05, 0.1) is 25.0 Å². The Morgan fingerprint density at radius 3 is 2.84 bits per heavy atom. The molecule has 1 aromatic heterocycles. The number of aromatic nitrogens is 2. The third-order valence-corrected chi connectivity index (χ3v) is 3.31. The summed E-state index contributed by atoms with van der Waals surface area (Å²) >= 11 is 6.16. The minimum absolute atomic E-state index is 0.0271. The van der Waals surface area contributed by atoms with Gasteiger partial charge in [-0.3, -0.25) is 4.79 Å². The van der Waals surface area contributed by atoms with Crippen molar-refractivity contribution < 1.29 is 14.3 Å². The fourth-order valence-corrected chi connectivity index (χ4v) is 2.29. The van der Waals surface area contributed by atoms with Crippen LogP contribution in [0.3, 0.4) is 0 Å². The highest BCUT2D eigenvalue weighted by atomic mass is 35.5. The van der Waals surface area contributed by atoms with Gasteiger partial charge in [0.15, 0.2) is 11.5 Å². The molecule has 0 saturated carbocycles. The van der Waals surface area contributed by atoms with Crippen molar-refractivity contribution in [3.8, 4) is 11.5 Å². The summed E-state index contributed by atoms with van der Waals surface area (Å²) in [5, 5.41) is 4.20. The summed E-state index contributed by atoms with van der Waals surface area (Å²) in [4.78, 5) is 29.3. The smallest absolute Gasteiger partial charge is 0.345 e. The second kappa shape index (κ2) is 8.29. The second-order valence-corrected chi connectivity index (χ2v) is 5.33. The van der Waals surface area contributed by atoms with Gasteiger partial charge in [0.2, 0.25) is 0 Å². The van der Waals surface area contributed by atoms with Gasteiger partial charge in [-0.05, 0) is 37.6 Å². The number of rotatable bonds is 6. The molecule has 0 fully saturated rings. The average molecular weight is 365 g/mol. The normalized spacial score (nSPS) is 10.7. The van der Waals surface area contributed by atoms with Gasteiger partial charge >= 0.3 is 5.69 Å². The number of ether oxygens (including phenoxy) is 2. The number of hydrogen-bond donors (Lipinski definition) is 2. The Kier molecular flexibility index (Phi) is 6.13. The number of carbonyl (C=O) groups excluding carboxylic acids is 1. The van der Waals surface area contributed by atoms with Crippen LogP contribution in [-0.4, -0.2) is 35.8 Å². The first-order valence-electron chi connectivity index (χ1n) is 7.36. The molecule has 0 bridgehead atoms. The Morgan fingerprint density at radius 2 is 2.20 bits per heavy atom. The Labute approximate surface area is 148 Å². The molecule has 0 aliphatic heterocycles. The molecule has 8 nitrogen and oxygen atoms in total. The van der Waals surface area contributed by atoms with Gasteiger partial charge in [0, 0.05) is 5.69 Å². The molecule has 2 N–H and O–H groups in total. The molecule has 2 rings (SSSR count). The van der Waals surface area contributed by atoms with Crippen molar-refractivity contribution in [3.63, 3.8) is 0 Å². The van der Waals surface area contributed by atoms with E-state index >= 15 is 0 Å². The third kappa shape index (κ3) is 4.80. The lowest BCUT2D eigenvalue weighted by Gasteiger charge is -2.11. The molecular weight excluding hydrogens is 348 g/mol. The molecule has 1 heterocycles. The van der Waals surface area contributed by atoms with Crippen molar-refractivity contribution in [1.29, 1.82) is 0 Å². The molecule has 0 saturated heterocycles. The molecule has 0 atom stereocenters. The molecule has 0 unspecified atom stereocenters. The molecule has 132 valence electrons. The quantitative estimate of drug-likeness (QED) is 0.601. The van der Waals surface area contributed by atoms with E-state index in [1.54, 1.807) is 19.1 Å². The Hall–Kier alpha value is -2.87. The van der Waals surface area contributed by atoms with E-state index in [0.717, 1.165) is 0 Å². The van der Waals surface area contributed by atoms with Crippen LogP contribution in [0, 0.1) is 6.92 Å². The molecule has 0 aliphatic carbocycles. The number of aromatic amines is 1. The molecule has 0 aliphatic rings. The Bertz CT molecular complexity index is 864. The van der Waals surface area contributed by atoms with E-state index in [1.807, 2.05) is 6.92 Å². The van der Waals surface area contributed by atoms with Crippen LogP contribution < -0.4 is 20.6 Å². The molecule has 1 amide bonds. The Morgan fingerprint density at radius 1 is 1.44 bits per heavy atom. The van der Waals surface area contributed by atoms with Gasteiger partial charge < -0.3 is 14.5 Å². The first-order chi connectivity index (χ1) is 11.9. The molecular formula is C16H17ClN4O4. The van der Waals surface area contributed by atoms with E-state index in [2.05, 4.69) is 20.5 Å². The average Bonchev–Trinajstić information content (AvgIpc) is 2.56. The molecule has 1 aromatic carbocycles. The number of hydrazone groups is 1. The van der Waals surface area contributed by atoms with E-state index < -0.39 is 11.6 Å². The number of benzene rings is 1. The minimum atomic E-state index is -0.602. The van der Waals surface area contributed by atoms with Crippen LogP contribution in [0.25, 0.3) is 0 Å². The van der Waals surface area contributed by atoms with Crippen molar-refractivity contribution in [3.05, 3.63) is 50.7 Å². The van der Waals surface area contributed by atoms with Crippen LogP contribution in [-0.2, 0) is 0 Å². The van der Waals surface area contributed by atoms with E-state index in [4.69, 9.17) is 21.1 Å². The largest absolute Gasteiger partial charge is 0.493 e. The standard InChI is InChI=1S/C16H17ClN4O4/c1-4-25-14-11(17)6-10(7-13(14)24-3)8-18-21-15(22)12-5-9(2)19-16(23)20-12/h5-8H,4H2,1-3H3,(H,21,22)(H,19,20,23)/b18-8+. The SMILES string of the molecule is CCOc1c(Cl)cc(/C=N/NC(=O)c2cc(C)[nH]c(=O)n2)cc1OC. The van der Waals surface area contributed by atoms with E-state index in [1.165, 1.54) is 19.4 Å². The number of hydrogen-bond acceptors (Lipinski definition) is 6. The maximum atomic E-state index is 12.0. The maximum absolute atomic E-state index is 12.0. The molecule has 25 heavy (non-hydrogen) atoms. The molecule has 0 radical (unpaired) electrons. The summed E-state index contributed by atoms with van der Waals surface area (Å²) in [5.74, 6) is 0.291. The van der Waals surface area contributed by atoms with Crippen molar-refractivity contribution in [1.82, 2.24) is 15.4 Å². The topological polar surface area (TPSA) is 106 Å². The summed E-state index contributed by atoms with van der Waals surface area (Å²) in [6.45, 7) is 3.94. The van der Waals surface area contributed by atoms with E-state index in [-0.39, 0.29) is 5.69 Å². The predicted octanol–water partition coefficient (Wildman–Crippen LogP) is 1.90. The van der Waals surface area contributed by atoms with Crippen LogP contribution in [0.1, 0.15) is 28.7 Å². The fraction of sp³-hybridized carbons (Fsp3) is 0.250. The zero-order chi connectivity index (χ0) is 18.4. The molecule has 9 heteroatoms. The molecule has 2 aromatic rings. The van der Waals surface area contributed by atoms with Crippen molar-refractivity contribution >= 4 is 23.7 Å². The summed E-state index contributed by atoms with van der Waals surface area (Å²) in [6, 6.07) is 4.74. The zero-order valence-electron chi connectivity index (χ0n) is 13.9. The monoisotopic (exact) mass is 364 g/mol. The van der Waals surface area contributed by atoms with Crippen LogP contribution in [0.4, 0.5) is 0 Å².